The molecule has 2 nitrogen and oxygen atoms in total. The Labute approximate surface area is 79.4 Å². The third-order valence-corrected chi connectivity index (χ3v) is 2.51. The Morgan fingerprint density at radius 2 is 2.17 bits per heavy atom. The van der Waals surface area contributed by atoms with E-state index in [1.54, 1.807) is 0 Å². The monoisotopic (exact) mass is 184 g/mol. The van der Waals surface area contributed by atoms with Gasteiger partial charge in [0, 0.05) is 18.0 Å². The average Bonchev–Trinajstić information content (AvgIpc) is 2.51. The van der Waals surface area contributed by atoms with Gasteiger partial charge in [0.1, 0.15) is 0 Å². The molecule has 0 aliphatic rings. The lowest BCUT2D eigenvalue weighted by Crippen LogP contribution is -2.03. The molecule has 1 atom stereocenters. The molecule has 0 aliphatic heterocycles. The van der Waals surface area contributed by atoms with Crippen molar-refractivity contribution in [2.75, 3.05) is 5.75 Å². The minimum atomic E-state index is 0.438. The molecule has 0 amide bonds. The van der Waals surface area contributed by atoms with E-state index >= 15 is 0 Å². The van der Waals surface area contributed by atoms with E-state index in [1.807, 2.05) is 6.33 Å². The first kappa shape index (κ1) is 9.65. The molecule has 1 rings (SSSR count). The van der Waals surface area contributed by atoms with Crippen molar-refractivity contribution < 1.29 is 0 Å². The zero-order chi connectivity index (χ0) is 9.14. The van der Waals surface area contributed by atoms with Gasteiger partial charge in [-0.1, -0.05) is 13.8 Å². The second-order valence-corrected chi connectivity index (χ2v) is 3.80. The summed E-state index contributed by atoms with van der Waals surface area (Å²) in [6.45, 7) is 6.44. The summed E-state index contributed by atoms with van der Waals surface area (Å²) >= 11 is 4.24. The second-order valence-electron chi connectivity index (χ2n) is 3.43. The van der Waals surface area contributed by atoms with E-state index in [-0.39, 0.29) is 0 Å². The van der Waals surface area contributed by atoms with Gasteiger partial charge in [0.05, 0.1) is 12.0 Å². The van der Waals surface area contributed by atoms with Crippen molar-refractivity contribution in [3.8, 4) is 0 Å². The lowest BCUT2D eigenvalue weighted by Gasteiger charge is -2.08. The fourth-order valence-corrected chi connectivity index (χ4v) is 1.17. The van der Waals surface area contributed by atoms with E-state index < -0.39 is 0 Å². The van der Waals surface area contributed by atoms with Gasteiger partial charge in [-0.15, -0.1) is 0 Å². The van der Waals surface area contributed by atoms with E-state index in [0.29, 0.717) is 12.0 Å². The number of rotatable bonds is 3. The first-order chi connectivity index (χ1) is 5.65. The molecule has 1 unspecified atom stereocenters. The molecule has 0 spiro atoms. The van der Waals surface area contributed by atoms with Crippen LogP contribution in [0, 0.1) is 0 Å². The fourth-order valence-electron chi connectivity index (χ4n) is 0.986. The number of imidazole rings is 1. The van der Waals surface area contributed by atoms with Crippen molar-refractivity contribution in [2.45, 2.75) is 32.7 Å². The molecule has 0 aliphatic carbocycles. The van der Waals surface area contributed by atoms with Crippen LogP contribution in [0.25, 0.3) is 0 Å². The summed E-state index contributed by atoms with van der Waals surface area (Å²) in [5, 5.41) is 0. The Bertz CT molecular complexity index is 242. The highest BCUT2D eigenvalue weighted by Gasteiger charge is 2.06. The lowest BCUT2D eigenvalue weighted by molar-refractivity contribution is 0.609. The van der Waals surface area contributed by atoms with E-state index in [4.69, 9.17) is 0 Å². The zero-order valence-electron chi connectivity index (χ0n) is 7.86. The Morgan fingerprint density at radius 1 is 1.50 bits per heavy atom. The van der Waals surface area contributed by atoms with Gasteiger partial charge in [0.25, 0.3) is 0 Å². The van der Waals surface area contributed by atoms with Crippen LogP contribution in [0.3, 0.4) is 0 Å². The number of nitrogens with zero attached hydrogens (tertiary/aromatic N) is 2. The number of hydrogen-bond donors (Lipinski definition) is 1. The minimum Gasteiger partial charge on any atom is -0.334 e. The van der Waals surface area contributed by atoms with Gasteiger partial charge in [-0.3, -0.25) is 0 Å². The van der Waals surface area contributed by atoms with Gasteiger partial charge in [-0.25, -0.2) is 4.98 Å². The first-order valence-electron chi connectivity index (χ1n) is 4.29. The maximum atomic E-state index is 4.31. The number of hydrogen-bond acceptors (Lipinski definition) is 2. The predicted molar refractivity (Wildman–Crippen MR) is 54.9 cm³/mol. The van der Waals surface area contributed by atoms with Crippen LogP contribution in [0.1, 0.15) is 38.4 Å². The van der Waals surface area contributed by atoms with Crippen LogP contribution in [0.5, 0.6) is 0 Å². The van der Waals surface area contributed by atoms with Crippen LogP contribution < -0.4 is 0 Å². The van der Waals surface area contributed by atoms with Crippen molar-refractivity contribution in [2.24, 2.45) is 0 Å². The Kier molecular flexibility index (Phi) is 3.20. The summed E-state index contributed by atoms with van der Waals surface area (Å²) < 4.78 is 2.11. The second kappa shape index (κ2) is 3.99. The average molecular weight is 184 g/mol. The highest BCUT2D eigenvalue weighted by atomic mass is 32.1. The maximum Gasteiger partial charge on any atom is 0.0952 e. The van der Waals surface area contributed by atoms with Crippen molar-refractivity contribution >= 4 is 12.6 Å². The predicted octanol–water partition coefficient (Wildman–Crippen LogP) is 2.50. The smallest absolute Gasteiger partial charge is 0.0952 e. The van der Waals surface area contributed by atoms with E-state index in [9.17, 15) is 0 Å². The van der Waals surface area contributed by atoms with Gasteiger partial charge < -0.3 is 4.57 Å². The Hall–Kier alpha value is -0.440. The lowest BCUT2D eigenvalue weighted by atomic mass is 10.2. The summed E-state index contributed by atoms with van der Waals surface area (Å²) in [4.78, 5) is 4.31. The molecule has 1 aromatic rings. The van der Waals surface area contributed by atoms with Gasteiger partial charge in [-0.05, 0) is 12.8 Å². The van der Waals surface area contributed by atoms with Crippen LogP contribution in [-0.4, -0.2) is 15.3 Å². The molecule has 0 fully saturated rings. The molecule has 0 saturated carbocycles. The third-order valence-electron chi connectivity index (χ3n) is 1.99. The SMILES string of the molecule is CC(C)c1cn(C(C)CS)cn1. The molecular formula is C9H16N2S. The molecule has 0 N–H and O–H groups in total. The molecule has 0 radical (unpaired) electrons. The van der Waals surface area contributed by atoms with Crippen LogP contribution in [0.15, 0.2) is 12.5 Å². The van der Waals surface area contributed by atoms with E-state index in [2.05, 4.69) is 49.1 Å². The first-order valence-corrected chi connectivity index (χ1v) is 4.92. The van der Waals surface area contributed by atoms with Gasteiger partial charge in [0.2, 0.25) is 0 Å². The minimum absolute atomic E-state index is 0.438. The van der Waals surface area contributed by atoms with Crippen molar-refractivity contribution in [3.63, 3.8) is 0 Å². The molecular weight excluding hydrogens is 168 g/mol. The molecule has 68 valence electrons. The maximum absolute atomic E-state index is 4.31. The van der Waals surface area contributed by atoms with E-state index in [1.165, 1.54) is 0 Å². The van der Waals surface area contributed by atoms with E-state index in [0.717, 1.165) is 11.4 Å². The van der Waals surface area contributed by atoms with Crippen LogP contribution in [0.4, 0.5) is 0 Å². The number of thiol groups is 1. The van der Waals surface area contributed by atoms with Crippen molar-refractivity contribution in [1.29, 1.82) is 0 Å². The molecule has 0 aromatic carbocycles. The molecule has 0 saturated heterocycles. The van der Waals surface area contributed by atoms with Crippen LogP contribution >= 0.6 is 12.6 Å². The highest BCUT2D eigenvalue weighted by Crippen LogP contribution is 2.14. The van der Waals surface area contributed by atoms with Crippen molar-refractivity contribution in [3.05, 3.63) is 18.2 Å². The largest absolute Gasteiger partial charge is 0.334 e. The molecule has 12 heavy (non-hydrogen) atoms. The summed E-state index contributed by atoms with van der Waals surface area (Å²) in [6, 6.07) is 0.438. The molecule has 1 aromatic heterocycles. The summed E-state index contributed by atoms with van der Waals surface area (Å²) in [5.41, 5.74) is 1.16. The van der Waals surface area contributed by atoms with Crippen LogP contribution in [0.2, 0.25) is 0 Å². The van der Waals surface area contributed by atoms with Crippen molar-refractivity contribution in [1.82, 2.24) is 9.55 Å². The highest BCUT2D eigenvalue weighted by molar-refractivity contribution is 7.80. The summed E-state index contributed by atoms with van der Waals surface area (Å²) in [7, 11) is 0. The molecule has 1 heterocycles. The quantitative estimate of drug-likeness (QED) is 0.715. The zero-order valence-corrected chi connectivity index (χ0v) is 8.75. The fraction of sp³-hybridized carbons (Fsp3) is 0.667. The van der Waals surface area contributed by atoms with Gasteiger partial charge in [0.15, 0.2) is 0 Å². The number of aromatic nitrogens is 2. The molecule has 3 heteroatoms. The van der Waals surface area contributed by atoms with Crippen LogP contribution in [-0.2, 0) is 0 Å². The summed E-state index contributed by atoms with van der Waals surface area (Å²) in [5.74, 6) is 1.37. The van der Waals surface area contributed by atoms with Gasteiger partial charge >= 0.3 is 0 Å². The molecule has 0 bridgehead atoms. The third kappa shape index (κ3) is 2.03. The Balaban J connectivity index is 2.77. The van der Waals surface area contributed by atoms with Gasteiger partial charge in [-0.2, -0.15) is 12.6 Å². The Morgan fingerprint density at radius 3 is 2.58 bits per heavy atom. The topological polar surface area (TPSA) is 17.8 Å². The normalized spacial score (nSPS) is 13.8. The summed E-state index contributed by atoms with van der Waals surface area (Å²) in [6.07, 6.45) is 3.99. The standard InChI is InChI=1S/C9H16N2S/c1-7(2)9-4-11(6-10-9)8(3)5-12/h4,6-8,12H,5H2,1-3H3.